The Morgan fingerprint density at radius 3 is 2.74 bits per heavy atom. The molecule has 1 aliphatic rings. The predicted molar refractivity (Wildman–Crippen MR) is 90.0 cm³/mol. The lowest BCUT2D eigenvalue weighted by Gasteiger charge is -2.10. The van der Waals surface area contributed by atoms with E-state index in [2.05, 4.69) is 21.9 Å². The van der Waals surface area contributed by atoms with Gasteiger partial charge in [0.15, 0.2) is 0 Å². The summed E-state index contributed by atoms with van der Waals surface area (Å²) in [5.41, 5.74) is 9.03. The number of fused-ring (bicyclic) bond motifs is 3. The number of nitrogens with one attached hydrogen (secondary N) is 3. The number of aryl methyl sites for hydroxylation is 2. The van der Waals surface area contributed by atoms with E-state index in [0.717, 1.165) is 23.7 Å². The zero-order valence-electron chi connectivity index (χ0n) is 13.7. The average Bonchev–Trinajstić information content (AvgIpc) is 2.90. The third-order valence-electron chi connectivity index (χ3n) is 4.29. The third-order valence-corrected chi connectivity index (χ3v) is 4.29. The molecule has 1 aromatic heterocycles. The van der Waals surface area contributed by atoms with Crippen molar-refractivity contribution in [2.45, 2.75) is 46.0 Å². The molecule has 5 heteroatoms. The van der Waals surface area contributed by atoms with E-state index in [4.69, 9.17) is 0 Å². The number of amides is 2. The van der Waals surface area contributed by atoms with Gasteiger partial charge >= 0.3 is 0 Å². The number of aromatic amines is 1. The van der Waals surface area contributed by atoms with Crippen LogP contribution in [0.4, 0.5) is 0 Å². The summed E-state index contributed by atoms with van der Waals surface area (Å²) in [5.74, 6) is -0.205. The van der Waals surface area contributed by atoms with Gasteiger partial charge in [0.2, 0.25) is 5.91 Å². The molecule has 2 aromatic rings. The lowest BCUT2D eigenvalue weighted by atomic mass is 9.95. The number of benzene rings is 1. The summed E-state index contributed by atoms with van der Waals surface area (Å²) < 4.78 is 0. The summed E-state index contributed by atoms with van der Waals surface area (Å²) >= 11 is 0. The Labute approximate surface area is 135 Å². The van der Waals surface area contributed by atoms with Gasteiger partial charge in [0.1, 0.15) is 0 Å². The minimum Gasteiger partial charge on any atom is -0.358 e. The second kappa shape index (κ2) is 6.44. The molecular weight excluding hydrogens is 290 g/mol. The number of carbonyl (C=O) groups is 2. The van der Waals surface area contributed by atoms with Gasteiger partial charge < -0.3 is 4.98 Å². The number of hydrogen-bond donors (Lipinski definition) is 3. The number of rotatable bonds is 3. The molecule has 0 aliphatic heterocycles. The molecule has 3 N–H and O–H groups in total. The Balaban J connectivity index is 1.81. The van der Waals surface area contributed by atoms with Crippen molar-refractivity contribution in [1.29, 1.82) is 0 Å². The van der Waals surface area contributed by atoms with Crippen molar-refractivity contribution in [1.82, 2.24) is 15.8 Å². The Bertz CT molecular complexity index is 746. The van der Waals surface area contributed by atoms with E-state index in [1.54, 1.807) is 6.07 Å². The van der Waals surface area contributed by atoms with Crippen LogP contribution in [0.5, 0.6) is 0 Å². The van der Waals surface area contributed by atoms with Crippen molar-refractivity contribution in [2.75, 3.05) is 0 Å². The van der Waals surface area contributed by atoms with E-state index in [1.165, 1.54) is 24.1 Å². The lowest BCUT2D eigenvalue weighted by molar-refractivity contribution is -0.122. The molecule has 5 nitrogen and oxygen atoms in total. The Morgan fingerprint density at radius 1 is 1.17 bits per heavy atom. The summed E-state index contributed by atoms with van der Waals surface area (Å²) in [5, 5.41) is 1.13. The third kappa shape index (κ3) is 3.23. The molecule has 0 saturated carbocycles. The van der Waals surface area contributed by atoms with E-state index in [-0.39, 0.29) is 17.7 Å². The molecule has 0 spiro atoms. The van der Waals surface area contributed by atoms with Crippen molar-refractivity contribution < 1.29 is 9.59 Å². The second-order valence-electron chi connectivity index (χ2n) is 6.62. The van der Waals surface area contributed by atoms with Crippen LogP contribution >= 0.6 is 0 Å². The highest BCUT2D eigenvalue weighted by molar-refractivity contribution is 6.07. The molecule has 23 heavy (non-hydrogen) atoms. The van der Waals surface area contributed by atoms with Crippen LogP contribution in [0.15, 0.2) is 18.2 Å². The number of para-hydroxylation sites is 1. The maximum absolute atomic E-state index is 12.4. The van der Waals surface area contributed by atoms with Crippen molar-refractivity contribution >= 4 is 22.7 Å². The van der Waals surface area contributed by atoms with Crippen molar-refractivity contribution in [3.63, 3.8) is 0 Å². The highest BCUT2D eigenvalue weighted by atomic mass is 16.2. The van der Waals surface area contributed by atoms with Gasteiger partial charge in [-0.2, -0.15) is 0 Å². The van der Waals surface area contributed by atoms with Crippen LogP contribution in [0, 0.1) is 5.92 Å². The molecule has 2 amide bonds. The standard InChI is InChI=1S/C18H23N3O2/c1-11(2)10-16(22)20-21-18(23)14-8-5-7-13-12-6-3-4-9-15(12)19-17(13)14/h5,7-8,11,19H,3-4,6,9-10H2,1-2H3,(H,20,22)(H,21,23). The smallest absolute Gasteiger partial charge is 0.271 e. The molecule has 0 unspecified atom stereocenters. The molecule has 1 aliphatic carbocycles. The first-order valence-corrected chi connectivity index (χ1v) is 8.28. The number of hydrazine groups is 1. The van der Waals surface area contributed by atoms with Crippen LogP contribution in [0.1, 0.15) is 54.7 Å². The summed E-state index contributed by atoms with van der Waals surface area (Å²) in [4.78, 5) is 27.5. The molecule has 0 atom stereocenters. The maximum atomic E-state index is 12.4. The molecule has 3 rings (SSSR count). The van der Waals surface area contributed by atoms with Gasteiger partial charge in [-0.3, -0.25) is 20.4 Å². The average molecular weight is 313 g/mol. The van der Waals surface area contributed by atoms with Crippen molar-refractivity contribution in [3.05, 3.63) is 35.0 Å². The van der Waals surface area contributed by atoms with E-state index in [1.807, 2.05) is 19.9 Å². The molecule has 0 fully saturated rings. The van der Waals surface area contributed by atoms with Gasteiger partial charge in [-0.1, -0.05) is 26.0 Å². The minimum absolute atomic E-state index is 0.175. The number of aromatic nitrogens is 1. The first-order valence-electron chi connectivity index (χ1n) is 8.28. The monoisotopic (exact) mass is 313 g/mol. The van der Waals surface area contributed by atoms with Gasteiger partial charge in [0.05, 0.1) is 11.1 Å². The van der Waals surface area contributed by atoms with Crippen LogP contribution in [-0.2, 0) is 17.6 Å². The highest BCUT2D eigenvalue weighted by Gasteiger charge is 2.19. The lowest BCUT2D eigenvalue weighted by Crippen LogP contribution is -2.42. The fourth-order valence-electron chi connectivity index (χ4n) is 3.23. The highest BCUT2D eigenvalue weighted by Crippen LogP contribution is 2.30. The fourth-order valence-corrected chi connectivity index (χ4v) is 3.23. The molecule has 0 bridgehead atoms. The van der Waals surface area contributed by atoms with Gasteiger partial charge in [0, 0.05) is 17.5 Å². The van der Waals surface area contributed by atoms with Gasteiger partial charge in [-0.15, -0.1) is 0 Å². The second-order valence-corrected chi connectivity index (χ2v) is 6.62. The summed E-state index contributed by atoms with van der Waals surface area (Å²) in [7, 11) is 0. The molecule has 0 radical (unpaired) electrons. The Kier molecular flexibility index (Phi) is 4.37. The van der Waals surface area contributed by atoms with Crippen LogP contribution < -0.4 is 10.9 Å². The normalized spacial score (nSPS) is 13.9. The zero-order valence-corrected chi connectivity index (χ0v) is 13.7. The number of H-pyrrole nitrogens is 1. The molecule has 1 aromatic carbocycles. The molecule has 122 valence electrons. The van der Waals surface area contributed by atoms with E-state index in [9.17, 15) is 9.59 Å². The topological polar surface area (TPSA) is 74.0 Å². The SMILES string of the molecule is CC(C)CC(=O)NNC(=O)c1cccc2c3c([nH]c12)CCCC3. The largest absolute Gasteiger partial charge is 0.358 e. The molecule has 1 heterocycles. The van der Waals surface area contributed by atoms with E-state index >= 15 is 0 Å². The molecular formula is C18H23N3O2. The van der Waals surface area contributed by atoms with Crippen LogP contribution in [0.2, 0.25) is 0 Å². The van der Waals surface area contributed by atoms with Crippen LogP contribution in [-0.4, -0.2) is 16.8 Å². The van der Waals surface area contributed by atoms with E-state index < -0.39 is 0 Å². The maximum Gasteiger partial charge on any atom is 0.271 e. The first-order chi connectivity index (χ1) is 11.1. The predicted octanol–water partition coefficient (Wildman–Crippen LogP) is 2.85. The fraction of sp³-hybridized carbons (Fsp3) is 0.444. The Morgan fingerprint density at radius 2 is 1.96 bits per heavy atom. The number of hydrogen-bond acceptors (Lipinski definition) is 2. The van der Waals surface area contributed by atoms with Gasteiger partial charge in [-0.05, 0) is 43.2 Å². The summed E-state index contributed by atoms with van der Waals surface area (Å²) in [6.07, 6.45) is 4.87. The van der Waals surface area contributed by atoms with Gasteiger partial charge in [0.25, 0.3) is 5.91 Å². The first kappa shape index (κ1) is 15.6. The minimum atomic E-state index is -0.286. The molecule has 0 saturated heterocycles. The van der Waals surface area contributed by atoms with Crippen molar-refractivity contribution in [2.24, 2.45) is 5.92 Å². The Hall–Kier alpha value is -2.30. The van der Waals surface area contributed by atoms with Crippen LogP contribution in [0.25, 0.3) is 10.9 Å². The zero-order chi connectivity index (χ0) is 16.4. The summed E-state index contributed by atoms with van der Waals surface area (Å²) in [6.45, 7) is 3.93. The number of carbonyl (C=O) groups excluding carboxylic acids is 2. The van der Waals surface area contributed by atoms with E-state index in [0.29, 0.717) is 12.0 Å². The van der Waals surface area contributed by atoms with Gasteiger partial charge in [-0.25, -0.2) is 0 Å². The van der Waals surface area contributed by atoms with Crippen LogP contribution in [0.3, 0.4) is 0 Å². The quantitative estimate of drug-likeness (QED) is 0.762. The van der Waals surface area contributed by atoms with Crippen molar-refractivity contribution in [3.8, 4) is 0 Å². The summed E-state index contributed by atoms with van der Waals surface area (Å²) in [6, 6.07) is 5.74.